The van der Waals surface area contributed by atoms with Gasteiger partial charge in [0.2, 0.25) is 5.91 Å². The number of carbonyl (C=O) groups excluding carboxylic acids is 4. The zero-order valence-electron chi connectivity index (χ0n) is 37.5. The van der Waals surface area contributed by atoms with Gasteiger partial charge < -0.3 is 25.8 Å². The number of aryl methyl sites for hydroxylation is 1. The molecule has 4 N–H and O–H groups in total. The molecule has 0 saturated carbocycles. The van der Waals surface area contributed by atoms with E-state index in [0.29, 0.717) is 24.4 Å². The fraction of sp³-hybridized carbons (Fsp3) is 0.689. The van der Waals surface area contributed by atoms with Gasteiger partial charge >= 0.3 is 12.1 Å². The van der Waals surface area contributed by atoms with Gasteiger partial charge in [0.15, 0.2) is 6.10 Å². The van der Waals surface area contributed by atoms with Crippen molar-refractivity contribution in [2.24, 2.45) is 17.8 Å². The predicted octanol–water partition coefficient (Wildman–Crippen LogP) is 7.46. The van der Waals surface area contributed by atoms with Gasteiger partial charge in [-0.15, -0.1) is 11.3 Å². The first kappa shape index (κ1) is 50.3. The number of aliphatic carboxylic acids is 1. The molecule has 1 aliphatic heterocycles. The van der Waals surface area contributed by atoms with Crippen LogP contribution in [0.5, 0.6) is 0 Å². The van der Waals surface area contributed by atoms with Crippen LogP contribution in [0.1, 0.15) is 145 Å². The van der Waals surface area contributed by atoms with E-state index in [1.807, 2.05) is 70.8 Å². The number of ether oxygens (including phenoxy) is 1. The van der Waals surface area contributed by atoms with Crippen molar-refractivity contribution in [1.82, 2.24) is 30.9 Å². The quantitative estimate of drug-likeness (QED) is 0.0579. The molecule has 0 radical (unpaired) electrons. The van der Waals surface area contributed by atoms with Crippen LogP contribution in [0.3, 0.4) is 0 Å². The van der Waals surface area contributed by atoms with Crippen molar-refractivity contribution < 1.29 is 38.7 Å². The van der Waals surface area contributed by atoms with Gasteiger partial charge in [-0.2, -0.15) is 0 Å². The number of alkyl carbamates (subject to hydrolysis) is 1. The molecule has 14 nitrogen and oxygen atoms in total. The number of unbranched alkanes of at least 4 members (excludes halogenated alkanes) is 3. The van der Waals surface area contributed by atoms with Crippen molar-refractivity contribution in [2.75, 3.05) is 26.7 Å². The number of amides is 4. The first-order chi connectivity index (χ1) is 28.6. The summed E-state index contributed by atoms with van der Waals surface area (Å²) >= 11 is 1.16. The fourth-order valence-corrected chi connectivity index (χ4v) is 8.23. The van der Waals surface area contributed by atoms with Gasteiger partial charge in [-0.1, -0.05) is 103 Å². The molecule has 0 unspecified atom stereocenters. The predicted molar refractivity (Wildman–Crippen MR) is 234 cm³/mol. The number of carbonyl (C=O) groups is 5. The van der Waals surface area contributed by atoms with Crippen LogP contribution in [0, 0.1) is 24.7 Å². The largest absolute Gasteiger partial charge is 0.481 e. The minimum Gasteiger partial charge on any atom is -0.481 e. The summed E-state index contributed by atoms with van der Waals surface area (Å²) in [5.74, 6) is -3.07. The normalized spacial score (nSPS) is 17.5. The first-order valence-electron chi connectivity index (χ1n) is 22.1. The molecule has 0 bridgehead atoms. The molecule has 0 spiro atoms. The molecule has 336 valence electrons. The van der Waals surface area contributed by atoms with Crippen molar-refractivity contribution >= 4 is 41.1 Å². The van der Waals surface area contributed by atoms with E-state index in [-0.39, 0.29) is 54.8 Å². The number of hydrogen-bond acceptors (Lipinski definition) is 10. The lowest BCUT2D eigenvalue weighted by Gasteiger charge is -2.39. The zero-order chi connectivity index (χ0) is 44.4. The molecule has 7 atom stereocenters. The number of rotatable bonds is 25. The van der Waals surface area contributed by atoms with E-state index in [1.54, 1.807) is 19.2 Å². The Morgan fingerprint density at radius 1 is 0.983 bits per heavy atom. The number of hydrogen-bond donors (Lipinski definition) is 4. The molecular weight excluding hydrogens is 785 g/mol. The van der Waals surface area contributed by atoms with Crippen molar-refractivity contribution in [2.45, 2.75) is 156 Å². The maximum absolute atomic E-state index is 14.9. The number of carboxylic acids is 1. The molecule has 3 rings (SSSR count). The minimum absolute atomic E-state index is 0.1000. The van der Waals surface area contributed by atoms with Gasteiger partial charge in [-0.05, 0) is 76.9 Å². The van der Waals surface area contributed by atoms with Gasteiger partial charge in [-0.25, -0.2) is 14.8 Å². The van der Waals surface area contributed by atoms with Crippen molar-refractivity contribution in [1.29, 1.82) is 0 Å². The van der Waals surface area contributed by atoms with Gasteiger partial charge in [0.1, 0.15) is 16.7 Å². The van der Waals surface area contributed by atoms with Crippen LogP contribution in [-0.2, 0) is 30.4 Å². The molecule has 1 aromatic heterocycles. The summed E-state index contributed by atoms with van der Waals surface area (Å²) in [5, 5.41) is 21.8. The van der Waals surface area contributed by atoms with E-state index in [4.69, 9.17) is 9.57 Å². The highest BCUT2D eigenvalue weighted by atomic mass is 32.1. The third-order valence-electron chi connectivity index (χ3n) is 11.4. The highest BCUT2D eigenvalue weighted by Gasteiger charge is 2.40. The van der Waals surface area contributed by atoms with Crippen LogP contribution >= 0.6 is 11.3 Å². The number of likely N-dealkylation sites (tertiary alicyclic amines) is 1. The van der Waals surface area contributed by atoms with Crippen LogP contribution in [0.2, 0.25) is 0 Å². The van der Waals surface area contributed by atoms with Crippen molar-refractivity contribution in [3.8, 4) is 0 Å². The van der Waals surface area contributed by atoms with E-state index in [0.717, 1.165) is 74.0 Å². The van der Waals surface area contributed by atoms with Crippen LogP contribution < -0.4 is 16.0 Å². The summed E-state index contributed by atoms with van der Waals surface area (Å²) in [6.07, 6.45) is 6.14. The van der Waals surface area contributed by atoms with Crippen molar-refractivity contribution in [3.63, 3.8) is 0 Å². The van der Waals surface area contributed by atoms with Gasteiger partial charge in [0, 0.05) is 24.4 Å². The van der Waals surface area contributed by atoms with E-state index >= 15 is 0 Å². The number of nitrogens with zero attached hydrogens (tertiary/aromatic N) is 3. The Labute approximate surface area is 361 Å². The number of likely N-dealkylation sites (N-methyl/N-ethyl adjacent to an activating group) is 1. The second kappa shape index (κ2) is 25.6. The molecule has 1 saturated heterocycles. The molecule has 4 amide bonds. The van der Waals surface area contributed by atoms with Gasteiger partial charge in [0.25, 0.3) is 11.8 Å². The molecule has 60 heavy (non-hydrogen) atoms. The highest BCUT2D eigenvalue weighted by Crippen LogP contribution is 2.32. The maximum Gasteiger partial charge on any atom is 0.407 e. The Kier molecular flexibility index (Phi) is 21.5. The Morgan fingerprint density at radius 2 is 1.70 bits per heavy atom. The topological polar surface area (TPSA) is 180 Å². The molecule has 1 fully saturated rings. The zero-order valence-corrected chi connectivity index (χ0v) is 38.3. The van der Waals surface area contributed by atoms with Crippen LogP contribution in [-0.4, -0.2) is 101 Å². The number of benzene rings is 1. The number of hydroxylamine groups is 2. The smallest absolute Gasteiger partial charge is 0.407 e. The maximum atomic E-state index is 14.9. The number of thiazole rings is 1. The molecule has 1 aromatic carbocycles. The van der Waals surface area contributed by atoms with E-state index in [2.05, 4.69) is 27.9 Å². The number of aromatic nitrogens is 1. The fourth-order valence-electron chi connectivity index (χ4n) is 7.39. The van der Waals surface area contributed by atoms with Crippen LogP contribution in [0.25, 0.3) is 0 Å². The Balaban J connectivity index is 1.97. The van der Waals surface area contributed by atoms with E-state index in [9.17, 15) is 29.1 Å². The first-order valence-corrected chi connectivity index (χ1v) is 22.9. The third-order valence-corrected chi connectivity index (χ3v) is 12.4. The molecule has 1 aliphatic rings. The summed E-state index contributed by atoms with van der Waals surface area (Å²) in [7, 11) is 1.94. The average Bonchev–Trinajstić information content (AvgIpc) is 3.71. The van der Waals surface area contributed by atoms with E-state index in [1.165, 1.54) is 5.06 Å². The average molecular weight is 857 g/mol. The number of piperidine rings is 1. The standard InChI is InChI=1S/C45H72N6O8S/c1-10-13-14-17-24-58-51(43(54)39(31(7)11-2)49-41(53)36-18-15-16-23-50(36)9)37(29(4)5)27-38(59-45(57)46-12-3)42-48-35(28-60-42)40(52)47-34(25-32(8)44(55)56)26-33-21-19-30(6)20-22-33/h19-22,28-29,31-32,34,36-39H,10-18,23-27H2,1-9H3,(H,46,57)(H,47,52)(H,49,53)(H,55,56)/t31-,32-,34+,36+,37+,38+,39-/m0/s1. The minimum atomic E-state index is -0.975. The lowest BCUT2D eigenvalue weighted by molar-refractivity contribution is -0.212. The Hall–Kier alpha value is -4.08. The second-order valence-corrected chi connectivity index (χ2v) is 17.7. The summed E-state index contributed by atoms with van der Waals surface area (Å²) in [6, 6.07) is 5.58. The van der Waals surface area contributed by atoms with Gasteiger partial charge in [0.05, 0.1) is 24.6 Å². The Morgan fingerprint density at radius 3 is 2.32 bits per heavy atom. The summed E-state index contributed by atoms with van der Waals surface area (Å²) in [5.41, 5.74) is 2.15. The summed E-state index contributed by atoms with van der Waals surface area (Å²) < 4.78 is 6.00. The monoisotopic (exact) mass is 857 g/mol. The lowest BCUT2D eigenvalue weighted by atomic mass is 9.93. The summed E-state index contributed by atoms with van der Waals surface area (Å²) in [4.78, 5) is 80.4. The SMILES string of the molecule is CCCCCCON(C(=O)[C@@H](NC(=O)[C@H]1CCCCN1C)[C@@H](C)CC)[C@H](C[C@@H](OC(=O)NCC)c1nc(C(=O)N[C@@H](Cc2ccc(C)cc2)C[C@H](C)C(=O)O)cs1)C(C)C. The summed E-state index contributed by atoms with van der Waals surface area (Å²) in [6.45, 7) is 16.8. The van der Waals surface area contributed by atoms with Gasteiger partial charge in [-0.3, -0.25) is 28.9 Å². The lowest BCUT2D eigenvalue weighted by Crippen LogP contribution is -2.58. The van der Waals surface area contributed by atoms with Crippen LogP contribution in [0.4, 0.5) is 4.79 Å². The molecular formula is C45H72N6O8S. The van der Waals surface area contributed by atoms with E-state index < -0.39 is 48.1 Å². The number of carboxylic acid groups (broad SMARTS) is 1. The molecule has 15 heteroatoms. The molecule has 2 heterocycles. The third kappa shape index (κ3) is 15.7. The van der Waals surface area contributed by atoms with Crippen LogP contribution in [0.15, 0.2) is 29.6 Å². The highest BCUT2D eigenvalue weighted by molar-refractivity contribution is 7.09. The molecule has 0 aliphatic carbocycles. The molecule has 2 aromatic rings. The number of nitrogens with one attached hydrogen (secondary N) is 3. The second-order valence-electron chi connectivity index (χ2n) is 16.8. The Bertz CT molecular complexity index is 1650. The van der Waals surface area contributed by atoms with Crippen molar-refractivity contribution in [3.05, 3.63) is 51.5 Å².